The zero-order chi connectivity index (χ0) is 13.9. The molecule has 1 N–H and O–H groups in total. The fourth-order valence-corrected chi connectivity index (χ4v) is 2.47. The number of hydrogen-bond acceptors (Lipinski definition) is 2. The van der Waals surface area contributed by atoms with Gasteiger partial charge in [0, 0.05) is 30.7 Å². The van der Waals surface area contributed by atoms with Gasteiger partial charge in [-0.05, 0) is 42.9 Å². The highest BCUT2D eigenvalue weighted by atomic mass is 16.5. The van der Waals surface area contributed by atoms with E-state index in [1.54, 1.807) is 0 Å². The van der Waals surface area contributed by atoms with Crippen molar-refractivity contribution in [2.45, 2.75) is 6.54 Å². The SMILES string of the molecule is CNCc1cn(C)c2ccc(Oc3ccccc3)cc12. The quantitative estimate of drug-likeness (QED) is 0.779. The van der Waals surface area contributed by atoms with Crippen LogP contribution in [0.25, 0.3) is 10.9 Å². The molecule has 0 bridgehead atoms. The van der Waals surface area contributed by atoms with Crippen LogP contribution in [0.15, 0.2) is 54.7 Å². The summed E-state index contributed by atoms with van der Waals surface area (Å²) in [5.74, 6) is 1.73. The summed E-state index contributed by atoms with van der Waals surface area (Å²) in [5.41, 5.74) is 2.50. The molecule has 0 aliphatic heterocycles. The molecule has 2 aromatic carbocycles. The van der Waals surface area contributed by atoms with Crippen LogP contribution in [-0.4, -0.2) is 11.6 Å². The summed E-state index contributed by atoms with van der Waals surface area (Å²) in [5, 5.41) is 4.44. The fraction of sp³-hybridized carbons (Fsp3) is 0.176. The van der Waals surface area contributed by atoms with E-state index in [-0.39, 0.29) is 0 Å². The van der Waals surface area contributed by atoms with E-state index in [1.807, 2.05) is 43.4 Å². The third kappa shape index (κ3) is 2.40. The van der Waals surface area contributed by atoms with E-state index in [0.717, 1.165) is 18.0 Å². The molecule has 0 aliphatic rings. The van der Waals surface area contributed by atoms with Gasteiger partial charge in [-0.1, -0.05) is 18.2 Å². The van der Waals surface area contributed by atoms with Crippen LogP contribution in [0.3, 0.4) is 0 Å². The summed E-state index contributed by atoms with van der Waals surface area (Å²) in [6, 6.07) is 16.1. The summed E-state index contributed by atoms with van der Waals surface area (Å²) in [7, 11) is 4.03. The van der Waals surface area contributed by atoms with Crippen LogP contribution in [0.4, 0.5) is 0 Å². The second-order valence-corrected chi connectivity index (χ2v) is 4.89. The first-order chi connectivity index (χ1) is 9.78. The van der Waals surface area contributed by atoms with Crippen LogP contribution >= 0.6 is 0 Å². The number of hydrogen-bond donors (Lipinski definition) is 1. The molecule has 0 saturated heterocycles. The third-order valence-corrected chi connectivity index (χ3v) is 3.39. The maximum Gasteiger partial charge on any atom is 0.128 e. The van der Waals surface area contributed by atoms with Gasteiger partial charge in [-0.15, -0.1) is 0 Å². The van der Waals surface area contributed by atoms with E-state index in [2.05, 4.69) is 35.3 Å². The van der Waals surface area contributed by atoms with E-state index < -0.39 is 0 Å². The van der Waals surface area contributed by atoms with Crippen molar-refractivity contribution in [3.05, 3.63) is 60.3 Å². The Bertz CT molecular complexity index is 716. The first-order valence-corrected chi connectivity index (χ1v) is 6.73. The van der Waals surface area contributed by atoms with Gasteiger partial charge < -0.3 is 14.6 Å². The van der Waals surface area contributed by atoms with E-state index >= 15 is 0 Å². The molecular weight excluding hydrogens is 248 g/mol. The lowest BCUT2D eigenvalue weighted by molar-refractivity contribution is 0.483. The van der Waals surface area contributed by atoms with Crippen molar-refractivity contribution in [1.29, 1.82) is 0 Å². The number of fused-ring (bicyclic) bond motifs is 1. The van der Waals surface area contributed by atoms with Gasteiger partial charge in [-0.25, -0.2) is 0 Å². The minimum Gasteiger partial charge on any atom is -0.457 e. The second kappa shape index (κ2) is 5.39. The van der Waals surface area contributed by atoms with Crippen LogP contribution in [0, 0.1) is 0 Å². The van der Waals surface area contributed by atoms with Crippen molar-refractivity contribution in [2.24, 2.45) is 7.05 Å². The van der Waals surface area contributed by atoms with Crippen molar-refractivity contribution in [3.8, 4) is 11.5 Å². The Morgan fingerprint density at radius 2 is 1.85 bits per heavy atom. The van der Waals surface area contributed by atoms with Gasteiger partial charge >= 0.3 is 0 Å². The van der Waals surface area contributed by atoms with Gasteiger partial charge in [0.05, 0.1) is 0 Å². The smallest absolute Gasteiger partial charge is 0.128 e. The Balaban J connectivity index is 1.99. The minimum absolute atomic E-state index is 0.853. The highest BCUT2D eigenvalue weighted by Gasteiger charge is 2.07. The van der Waals surface area contributed by atoms with Crippen LogP contribution in [0.5, 0.6) is 11.5 Å². The lowest BCUT2D eigenvalue weighted by atomic mass is 10.1. The molecule has 0 spiro atoms. The normalized spacial score (nSPS) is 10.9. The van der Waals surface area contributed by atoms with Crippen LogP contribution in [0.1, 0.15) is 5.56 Å². The molecular formula is C17H18N2O. The van der Waals surface area contributed by atoms with Gasteiger partial charge in [0.15, 0.2) is 0 Å². The molecule has 1 aromatic heterocycles. The van der Waals surface area contributed by atoms with E-state index in [1.165, 1.54) is 16.5 Å². The lowest BCUT2D eigenvalue weighted by Crippen LogP contribution is -2.04. The number of ether oxygens (including phenoxy) is 1. The minimum atomic E-state index is 0.853. The predicted molar refractivity (Wildman–Crippen MR) is 82.2 cm³/mol. The molecule has 3 heteroatoms. The van der Waals surface area contributed by atoms with Gasteiger partial charge in [0.25, 0.3) is 0 Å². The standard InChI is InChI=1S/C17H18N2O/c1-18-11-13-12-19(2)17-9-8-15(10-16(13)17)20-14-6-4-3-5-7-14/h3-10,12,18H,11H2,1-2H3. The van der Waals surface area contributed by atoms with Crippen LogP contribution in [0.2, 0.25) is 0 Å². The van der Waals surface area contributed by atoms with E-state index in [0.29, 0.717) is 0 Å². The maximum absolute atomic E-state index is 5.90. The Labute approximate surface area is 118 Å². The van der Waals surface area contributed by atoms with Gasteiger partial charge in [-0.2, -0.15) is 0 Å². The number of para-hydroxylation sites is 1. The highest BCUT2D eigenvalue weighted by molar-refractivity contribution is 5.85. The largest absolute Gasteiger partial charge is 0.457 e. The van der Waals surface area contributed by atoms with Crippen molar-refractivity contribution < 1.29 is 4.74 Å². The summed E-state index contributed by atoms with van der Waals surface area (Å²) in [6.07, 6.45) is 2.16. The average Bonchev–Trinajstić information content (AvgIpc) is 2.77. The first kappa shape index (κ1) is 12.8. The molecule has 0 atom stereocenters. The topological polar surface area (TPSA) is 26.2 Å². The zero-order valence-corrected chi connectivity index (χ0v) is 11.8. The second-order valence-electron chi connectivity index (χ2n) is 4.89. The molecule has 0 fully saturated rings. The zero-order valence-electron chi connectivity index (χ0n) is 11.8. The maximum atomic E-state index is 5.90. The molecule has 3 aromatic rings. The first-order valence-electron chi connectivity index (χ1n) is 6.73. The van der Waals surface area contributed by atoms with Gasteiger partial charge in [0.2, 0.25) is 0 Å². The monoisotopic (exact) mass is 266 g/mol. The highest BCUT2D eigenvalue weighted by Crippen LogP contribution is 2.28. The van der Waals surface area contributed by atoms with Crippen molar-refractivity contribution in [1.82, 2.24) is 9.88 Å². The summed E-state index contributed by atoms with van der Waals surface area (Å²) in [6.45, 7) is 0.853. The van der Waals surface area contributed by atoms with Gasteiger partial charge in [-0.3, -0.25) is 0 Å². The molecule has 0 saturated carbocycles. The van der Waals surface area contributed by atoms with E-state index in [9.17, 15) is 0 Å². The van der Waals surface area contributed by atoms with Crippen molar-refractivity contribution >= 4 is 10.9 Å². The number of nitrogens with one attached hydrogen (secondary N) is 1. The predicted octanol–water partition coefficient (Wildman–Crippen LogP) is 3.69. The van der Waals surface area contributed by atoms with Gasteiger partial charge in [0.1, 0.15) is 11.5 Å². The summed E-state index contributed by atoms with van der Waals surface area (Å²) in [4.78, 5) is 0. The molecule has 0 amide bonds. The third-order valence-electron chi connectivity index (χ3n) is 3.39. The fourth-order valence-electron chi connectivity index (χ4n) is 2.47. The number of aromatic nitrogens is 1. The van der Waals surface area contributed by atoms with Crippen molar-refractivity contribution in [3.63, 3.8) is 0 Å². The molecule has 20 heavy (non-hydrogen) atoms. The Morgan fingerprint density at radius 1 is 1.05 bits per heavy atom. The van der Waals surface area contributed by atoms with Crippen LogP contribution in [-0.2, 0) is 13.6 Å². The average molecular weight is 266 g/mol. The lowest BCUT2D eigenvalue weighted by Gasteiger charge is -2.06. The Kier molecular flexibility index (Phi) is 3.44. The molecule has 0 unspecified atom stereocenters. The molecule has 0 radical (unpaired) electrons. The summed E-state index contributed by atoms with van der Waals surface area (Å²) < 4.78 is 8.05. The number of benzene rings is 2. The Hall–Kier alpha value is -2.26. The molecule has 3 nitrogen and oxygen atoms in total. The van der Waals surface area contributed by atoms with E-state index in [4.69, 9.17) is 4.74 Å². The molecule has 0 aliphatic carbocycles. The van der Waals surface area contributed by atoms with Crippen molar-refractivity contribution in [2.75, 3.05) is 7.05 Å². The number of aryl methyl sites for hydroxylation is 1. The Morgan fingerprint density at radius 3 is 2.60 bits per heavy atom. The molecule has 102 valence electrons. The molecule has 3 rings (SSSR count). The number of rotatable bonds is 4. The summed E-state index contributed by atoms with van der Waals surface area (Å²) >= 11 is 0. The number of nitrogens with zero attached hydrogens (tertiary/aromatic N) is 1. The van der Waals surface area contributed by atoms with Crippen LogP contribution < -0.4 is 10.1 Å². The molecule has 1 heterocycles.